The molecule has 10 heteroatoms. The van der Waals surface area contributed by atoms with Crippen LogP contribution in [-0.4, -0.2) is 30.4 Å². The number of ether oxygens (including phenoxy) is 1. The molecule has 28 heavy (non-hydrogen) atoms. The summed E-state index contributed by atoms with van der Waals surface area (Å²) in [6.07, 6.45) is 1.13. The Hall–Kier alpha value is -3.69. The van der Waals surface area contributed by atoms with Gasteiger partial charge in [0.15, 0.2) is 0 Å². The Morgan fingerprint density at radius 2 is 2.11 bits per heavy atom. The highest BCUT2D eigenvalue weighted by molar-refractivity contribution is 6.09. The predicted octanol–water partition coefficient (Wildman–Crippen LogP) is 2.70. The number of anilines is 3. The lowest BCUT2D eigenvalue weighted by atomic mass is 10.1. The van der Waals surface area contributed by atoms with Gasteiger partial charge in [-0.3, -0.25) is 19.7 Å². The topological polar surface area (TPSA) is 128 Å². The van der Waals surface area contributed by atoms with Gasteiger partial charge in [0.25, 0.3) is 11.6 Å². The Morgan fingerprint density at radius 1 is 1.36 bits per heavy atom. The van der Waals surface area contributed by atoms with E-state index in [2.05, 4.69) is 5.32 Å². The van der Waals surface area contributed by atoms with Crippen molar-refractivity contribution in [1.82, 2.24) is 0 Å². The molecule has 3 N–H and O–H groups in total. The molecule has 1 heterocycles. The van der Waals surface area contributed by atoms with E-state index in [1.807, 2.05) is 0 Å². The maximum Gasteiger partial charge on any atom is 0.295 e. The lowest BCUT2D eigenvalue weighted by molar-refractivity contribution is -0.384. The molecule has 0 saturated carbocycles. The number of rotatable bonds is 5. The number of nitro benzene ring substituents is 1. The van der Waals surface area contributed by atoms with Crippen molar-refractivity contribution in [2.75, 3.05) is 29.6 Å². The first-order chi connectivity index (χ1) is 13.3. The van der Waals surface area contributed by atoms with Crippen LogP contribution in [0.1, 0.15) is 23.2 Å². The number of nitrogens with zero attached hydrogens (tertiary/aromatic N) is 2. The molecule has 0 spiro atoms. The van der Waals surface area contributed by atoms with Crippen molar-refractivity contribution >= 4 is 34.6 Å². The highest BCUT2D eigenvalue weighted by Gasteiger charge is 2.26. The number of carbonyl (C=O) groups is 2. The van der Waals surface area contributed by atoms with E-state index in [1.54, 1.807) is 17.0 Å². The van der Waals surface area contributed by atoms with Gasteiger partial charge in [0.2, 0.25) is 5.91 Å². The molecule has 9 nitrogen and oxygen atoms in total. The second kappa shape index (κ2) is 7.51. The molecule has 0 aliphatic carbocycles. The zero-order chi connectivity index (χ0) is 20.4. The van der Waals surface area contributed by atoms with Crippen molar-refractivity contribution in [1.29, 1.82) is 0 Å². The van der Waals surface area contributed by atoms with Crippen LogP contribution in [0.15, 0.2) is 30.3 Å². The average molecular weight is 388 g/mol. The molecule has 146 valence electrons. The summed E-state index contributed by atoms with van der Waals surface area (Å²) in [7, 11) is 1.46. The van der Waals surface area contributed by atoms with Crippen molar-refractivity contribution in [2.45, 2.75) is 12.8 Å². The Bertz CT molecular complexity index is 979. The first-order valence-electron chi connectivity index (χ1n) is 8.35. The fraction of sp³-hybridized carbons (Fsp3) is 0.222. The van der Waals surface area contributed by atoms with Gasteiger partial charge < -0.3 is 20.7 Å². The highest BCUT2D eigenvalue weighted by atomic mass is 19.1. The molecule has 2 aromatic rings. The molecule has 1 fully saturated rings. The number of nitrogens with one attached hydrogen (secondary N) is 1. The summed E-state index contributed by atoms with van der Waals surface area (Å²) < 4.78 is 19.0. The molecule has 0 aromatic heterocycles. The highest BCUT2D eigenvalue weighted by Crippen LogP contribution is 2.34. The quantitative estimate of drug-likeness (QED) is 0.460. The smallest absolute Gasteiger partial charge is 0.295 e. The van der Waals surface area contributed by atoms with E-state index in [0.717, 1.165) is 6.07 Å². The van der Waals surface area contributed by atoms with Gasteiger partial charge in [-0.2, -0.15) is 0 Å². The Balaban J connectivity index is 1.93. The van der Waals surface area contributed by atoms with Crippen molar-refractivity contribution in [3.05, 3.63) is 51.8 Å². The van der Waals surface area contributed by atoms with Crippen LogP contribution >= 0.6 is 0 Å². The van der Waals surface area contributed by atoms with Crippen LogP contribution < -0.4 is 20.7 Å². The Kier molecular flexibility index (Phi) is 5.12. The molecular formula is C18H17FN4O5. The predicted molar refractivity (Wildman–Crippen MR) is 100 cm³/mol. The van der Waals surface area contributed by atoms with Crippen LogP contribution in [0.5, 0.6) is 5.75 Å². The number of hydrogen-bond acceptors (Lipinski definition) is 6. The number of amides is 2. The van der Waals surface area contributed by atoms with Crippen LogP contribution in [-0.2, 0) is 4.79 Å². The Labute approximate surface area is 159 Å². The molecule has 2 amide bonds. The number of methoxy groups -OCH3 is 1. The van der Waals surface area contributed by atoms with Crippen LogP contribution in [0.2, 0.25) is 0 Å². The van der Waals surface area contributed by atoms with Gasteiger partial charge in [-0.1, -0.05) is 0 Å². The number of nitrogens with two attached hydrogens (primary N) is 1. The minimum Gasteiger partial charge on any atom is -0.495 e. The van der Waals surface area contributed by atoms with Gasteiger partial charge in [-0.25, -0.2) is 4.39 Å². The number of nitrogen functional groups attached to an aromatic ring is 1. The lowest BCUT2D eigenvalue weighted by Gasteiger charge is -2.20. The average Bonchev–Trinajstić information content (AvgIpc) is 3.08. The third-order valence-electron chi connectivity index (χ3n) is 4.37. The molecule has 0 atom stereocenters. The first kappa shape index (κ1) is 19.1. The van der Waals surface area contributed by atoms with E-state index in [0.29, 0.717) is 42.6 Å². The van der Waals surface area contributed by atoms with Crippen LogP contribution in [0.3, 0.4) is 0 Å². The van der Waals surface area contributed by atoms with Crippen molar-refractivity contribution < 1.29 is 23.6 Å². The maximum atomic E-state index is 13.7. The number of nitro groups is 1. The van der Waals surface area contributed by atoms with Crippen LogP contribution in [0, 0.1) is 15.9 Å². The number of carbonyl (C=O) groups excluding carboxylic acids is 2. The Morgan fingerprint density at radius 3 is 2.71 bits per heavy atom. The number of halogens is 1. The minimum absolute atomic E-state index is 0.0632. The summed E-state index contributed by atoms with van der Waals surface area (Å²) in [6, 6.07) is 6.13. The monoisotopic (exact) mass is 388 g/mol. The standard InChI is InChI=1S/C18H17FN4O5/c1-28-15-5-4-11(9-13(15)22-6-2-3-16(22)24)21-18(25)12-7-10(19)8-14(17(12)20)23(26)27/h4-5,7-9H,2-3,6,20H2,1H3,(H,21,25). The van der Waals surface area contributed by atoms with Crippen LogP contribution in [0.4, 0.5) is 27.1 Å². The van der Waals surface area contributed by atoms with Crippen LogP contribution in [0.25, 0.3) is 0 Å². The molecule has 2 aromatic carbocycles. The summed E-state index contributed by atoms with van der Waals surface area (Å²) in [5.74, 6) is -1.38. The number of benzene rings is 2. The molecule has 1 saturated heterocycles. The summed E-state index contributed by atoms with van der Waals surface area (Å²) in [4.78, 5) is 36.2. The molecule has 0 radical (unpaired) electrons. The van der Waals surface area contributed by atoms with Crippen molar-refractivity contribution in [3.63, 3.8) is 0 Å². The maximum absolute atomic E-state index is 13.7. The molecule has 1 aliphatic heterocycles. The van der Waals surface area contributed by atoms with Gasteiger partial charge in [0.05, 0.1) is 29.4 Å². The fourth-order valence-corrected chi connectivity index (χ4v) is 3.02. The van der Waals surface area contributed by atoms with Gasteiger partial charge in [-0.15, -0.1) is 0 Å². The van der Waals surface area contributed by atoms with E-state index in [9.17, 15) is 24.1 Å². The lowest BCUT2D eigenvalue weighted by Crippen LogP contribution is -2.24. The fourth-order valence-electron chi connectivity index (χ4n) is 3.02. The van der Waals surface area contributed by atoms with E-state index < -0.39 is 28.0 Å². The summed E-state index contributed by atoms with van der Waals surface area (Å²) in [6.45, 7) is 0.523. The van der Waals surface area contributed by atoms with Gasteiger partial charge >= 0.3 is 0 Å². The minimum atomic E-state index is -0.955. The van der Waals surface area contributed by atoms with Gasteiger partial charge in [0.1, 0.15) is 17.3 Å². The van der Waals surface area contributed by atoms with E-state index >= 15 is 0 Å². The van der Waals surface area contributed by atoms with Crippen molar-refractivity contribution in [2.24, 2.45) is 0 Å². The first-order valence-corrected chi connectivity index (χ1v) is 8.35. The van der Waals surface area contributed by atoms with E-state index in [1.165, 1.54) is 13.2 Å². The van der Waals surface area contributed by atoms with Gasteiger partial charge in [0, 0.05) is 18.7 Å². The second-order valence-corrected chi connectivity index (χ2v) is 6.13. The third-order valence-corrected chi connectivity index (χ3v) is 4.37. The molecular weight excluding hydrogens is 371 g/mol. The largest absolute Gasteiger partial charge is 0.495 e. The summed E-state index contributed by atoms with van der Waals surface area (Å²) >= 11 is 0. The zero-order valence-electron chi connectivity index (χ0n) is 14.9. The normalized spacial score (nSPS) is 13.5. The summed E-state index contributed by atoms with van der Waals surface area (Å²) in [5, 5.41) is 13.5. The van der Waals surface area contributed by atoms with E-state index in [-0.39, 0.29) is 11.5 Å². The molecule has 0 unspecified atom stereocenters. The van der Waals surface area contributed by atoms with Gasteiger partial charge in [-0.05, 0) is 30.7 Å². The van der Waals surface area contributed by atoms with E-state index in [4.69, 9.17) is 10.5 Å². The SMILES string of the molecule is COc1ccc(NC(=O)c2cc(F)cc([N+](=O)[O-])c2N)cc1N1CCCC1=O. The van der Waals surface area contributed by atoms with Crippen molar-refractivity contribution in [3.8, 4) is 5.75 Å². The molecule has 1 aliphatic rings. The number of hydrogen-bond donors (Lipinski definition) is 2. The molecule has 3 rings (SSSR count). The molecule has 0 bridgehead atoms. The zero-order valence-corrected chi connectivity index (χ0v) is 14.9. The summed E-state index contributed by atoms with van der Waals surface area (Å²) in [5.41, 5.74) is 4.95. The third kappa shape index (κ3) is 3.56. The second-order valence-electron chi connectivity index (χ2n) is 6.13.